The van der Waals surface area contributed by atoms with Gasteiger partial charge in [0.2, 0.25) is 0 Å². The van der Waals surface area contributed by atoms with E-state index in [1.54, 1.807) is 0 Å². The third-order valence-electron chi connectivity index (χ3n) is 10.9. The van der Waals surface area contributed by atoms with Crippen molar-refractivity contribution in [3.63, 3.8) is 0 Å². The summed E-state index contributed by atoms with van der Waals surface area (Å²) in [6.07, 6.45) is 0. The van der Waals surface area contributed by atoms with E-state index >= 15 is 0 Å². The lowest BCUT2D eigenvalue weighted by molar-refractivity contribution is 0.669. The predicted molar refractivity (Wildman–Crippen MR) is 229 cm³/mol. The molecule has 0 unspecified atom stereocenters. The van der Waals surface area contributed by atoms with Crippen molar-refractivity contribution in [2.24, 2.45) is 0 Å². The van der Waals surface area contributed by atoms with E-state index in [1.807, 2.05) is 24.3 Å². The maximum atomic E-state index is 6.41. The number of rotatable bonds is 6. The number of para-hydroxylation sites is 3. The van der Waals surface area contributed by atoms with Crippen molar-refractivity contribution in [3.8, 4) is 33.4 Å². The maximum Gasteiger partial charge on any atom is 0.143 e. The zero-order chi connectivity index (χ0) is 36.3. The van der Waals surface area contributed by atoms with Crippen LogP contribution in [0.1, 0.15) is 0 Å². The molecular weight excluding hydrogens is 671 g/mol. The van der Waals surface area contributed by atoms with Gasteiger partial charge < -0.3 is 13.7 Å². The topological polar surface area (TPSA) is 29.5 Å². The molecule has 3 heteroatoms. The second kappa shape index (κ2) is 12.6. The fraction of sp³-hybridized carbons (Fsp3) is 0. The van der Waals surface area contributed by atoms with Crippen molar-refractivity contribution in [1.29, 1.82) is 0 Å². The van der Waals surface area contributed by atoms with Crippen LogP contribution in [0.25, 0.3) is 88.0 Å². The average Bonchev–Trinajstić information content (AvgIpc) is 3.83. The first-order valence-electron chi connectivity index (χ1n) is 18.7. The van der Waals surface area contributed by atoms with Gasteiger partial charge in [-0.05, 0) is 99.3 Å². The summed E-state index contributed by atoms with van der Waals surface area (Å²) in [6, 6.07) is 71.1. The molecule has 0 saturated heterocycles. The van der Waals surface area contributed by atoms with E-state index in [-0.39, 0.29) is 0 Å². The van der Waals surface area contributed by atoms with E-state index in [1.165, 1.54) is 21.9 Å². The number of benzene rings is 9. The van der Waals surface area contributed by atoms with E-state index in [0.29, 0.717) is 0 Å². The van der Waals surface area contributed by atoms with Gasteiger partial charge in [-0.1, -0.05) is 140 Å². The first-order valence-corrected chi connectivity index (χ1v) is 18.7. The summed E-state index contributed by atoms with van der Waals surface area (Å²) in [7, 11) is 0. The smallest absolute Gasteiger partial charge is 0.143 e. The number of furan rings is 2. The van der Waals surface area contributed by atoms with Crippen molar-refractivity contribution in [2.75, 3.05) is 4.90 Å². The minimum atomic E-state index is 0.902. The Hall–Kier alpha value is -7.36. The van der Waals surface area contributed by atoms with E-state index in [0.717, 1.165) is 83.2 Å². The number of fused-ring (bicyclic) bond motifs is 7. The maximum absolute atomic E-state index is 6.41. The highest BCUT2D eigenvalue weighted by atomic mass is 16.3. The molecule has 3 nitrogen and oxygen atoms in total. The molecule has 0 aliphatic heterocycles. The molecule has 9 aromatic carbocycles. The number of hydrogen-bond donors (Lipinski definition) is 0. The van der Waals surface area contributed by atoms with Gasteiger partial charge in [-0.15, -0.1) is 0 Å². The highest BCUT2D eigenvalue weighted by Crippen LogP contribution is 2.41. The molecule has 0 radical (unpaired) electrons. The Labute approximate surface area is 317 Å². The molecular formula is C52H33NO2. The molecule has 0 aliphatic rings. The second-order valence-electron chi connectivity index (χ2n) is 14.1. The van der Waals surface area contributed by atoms with Crippen LogP contribution in [-0.2, 0) is 0 Å². The summed E-state index contributed by atoms with van der Waals surface area (Å²) >= 11 is 0. The molecule has 0 amide bonds. The summed E-state index contributed by atoms with van der Waals surface area (Å²) in [6.45, 7) is 0. The SMILES string of the molecule is c1cc(-c2cccc3ccccc23)cc(N(c2ccc(-c3ccc4oc5ccccc5c4c3)cc2)c2ccc(-c3cccc4c3oc3ccccc34)cc2)c1. The monoisotopic (exact) mass is 703 g/mol. The van der Waals surface area contributed by atoms with Crippen LogP contribution in [0.15, 0.2) is 209 Å². The van der Waals surface area contributed by atoms with Crippen LogP contribution in [0.2, 0.25) is 0 Å². The third kappa shape index (κ3) is 5.28. The molecule has 11 rings (SSSR count). The van der Waals surface area contributed by atoms with Crippen molar-refractivity contribution >= 4 is 71.7 Å². The van der Waals surface area contributed by atoms with Gasteiger partial charge in [0.05, 0.1) is 0 Å². The van der Waals surface area contributed by atoms with Crippen LogP contribution in [0.5, 0.6) is 0 Å². The van der Waals surface area contributed by atoms with Gasteiger partial charge in [-0.25, -0.2) is 0 Å². The van der Waals surface area contributed by atoms with Crippen molar-refractivity contribution in [2.45, 2.75) is 0 Å². The van der Waals surface area contributed by atoms with Crippen molar-refractivity contribution in [1.82, 2.24) is 0 Å². The number of nitrogens with zero attached hydrogens (tertiary/aromatic N) is 1. The van der Waals surface area contributed by atoms with Crippen LogP contribution in [-0.4, -0.2) is 0 Å². The first kappa shape index (κ1) is 31.2. The van der Waals surface area contributed by atoms with Gasteiger partial charge in [0, 0.05) is 44.2 Å². The Morgan fingerprint density at radius 1 is 0.291 bits per heavy atom. The molecule has 0 aliphatic carbocycles. The van der Waals surface area contributed by atoms with E-state index in [9.17, 15) is 0 Å². The lowest BCUT2D eigenvalue weighted by atomic mass is 9.97. The molecule has 2 heterocycles. The minimum absolute atomic E-state index is 0.902. The van der Waals surface area contributed by atoms with Gasteiger partial charge in [-0.2, -0.15) is 0 Å². The lowest BCUT2D eigenvalue weighted by Crippen LogP contribution is -2.10. The quantitative estimate of drug-likeness (QED) is 0.173. The van der Waals surface area contributed by atoms with E-state index in [4.69, 9.17) is 8.83 Å². The van der Waals surface area contributed by atoms with Gasteiger partial charge in [0.15, 0.2) is 0 Å². The fourth-order valence-electron chi connectivity index (χ4n) is 8.21. The van der Waals surface area contributed by atoms with Gasteiger partial charge >= 0.3 is 0 Å². The molecule has 11 aromatic rings. The number of anilines is 3. The highest BCUT2D eigenvalue weighted by Gasteiger charge is 2.17. The standard InChI is InChI=1S/C52H33NO2/c1-2-14-42-35(10-1)11-8-17-43(42)38-12-7-13-41(32-38)53(39-27-22-34(23-28-39)37-26-31-51-48(33-37)46-16-4-5-20-49(46)54-51)40-29-24-36(25-30-40)44-18-9-19-47-45-15-3-6-21-50(45)55-52(44)47/h1-33H. The molecule has 0 saturated carbocycles. The molecule has 0 bridgehead atoms. The number of hydrogen-bond acceptors (Lipinski definition) is 3. The van der Waals surface area contributed by atoms with Crippen molar-refractivity contribution in [3.05, 3.63) is 200 Å². The van der Waals surface area contributed by atoms with Crippen LogP contribution in [0.4, 0.5) is 17.1 Å². The Bertz CT molecular complexity index is 3200. The molecule has 0 fully saturated rings. The van der Waals surface area contributed by atoms with Crippen LogP contribution in [0, 0.1) is 0 Å². The third-order valence-corrected chi connectivity index (χ3v) is 10.9. The molecule has 258 valence electrons. The lowest BCUT2D eigenvalue weighted by Gasteiger charge is -2.26. The van der Waals surface area contributed by atoms with Gasteiger partial charge in [0.1, 0.15) is 22.3 Å². The largest absolute Gasteiger partial charge is 0.456 e. The molecule has 2 aromatic heterocycles. The van der Waals surface area contributed by atoms with E-state index in [2.05, 4.69) is 181 Å². The van der Waals surface area contributed by atoms with Gasteiger partial charge in [0.25, 0.3) is 0 Å². The summed E-state index contributed by atoms with van der Waals surface area (Å²) in [5.41, 5.74) is 13.7. The van der Waals surface area contributed by atoms with Crippen LogP contribution >= 0.6 is 0 Å². The first-order chi connectivity index (χ1) is 27.2. The van der Waals surface area contributed by atoms with Crippen LogP contribution < -0.4 is 4.90 Å². The van der Waals surface area contributed by atoms with E-state index < -0.39 is 0 Å². The molecule has 55 heavy (non-hydrogen) atoms. The normalized spacial score (nSPS) is 11.6. The highest BCUT2D eigenvalue weighted by molar-refractivity contribution is 6.10. The average molecular weight is 704 g/mol. The Kier molecular flexibility index (Phi) is 7.17. The summed E-state index contributed by atoms with van der Waals surface area (Å²) in [5, 5.41) is 6.99. The predicted octanol–water partition coefficient (Wildman–Crippen LogP) is 15.1. The Balaban J connectivity index is 1.02. The Morgan fingerprint density at radius 3 is 1.65 bits per heavy atom. The molecule has 0 spiro atoms. The molecule has 0 atom stereocenters. The Morgan fingerprint density at radius 2 is 0.855 bits per heavy atom. The molecule has 0 N–H and O–H groups in total. The van der Waals surface area contributed by atoms with Gasteiger partial charge in [-0.3, -0.25) is 0 Å². The summed E-state index contributed by atoms with van der Waals surface area (Å²) in [4.78, 5) is 2.34. The summed E-state index contributed by atoms with van der Waals surface area (Å²) < 4.78 is 12.5. The van der Waals surface area contributed by atoms with Crippen LogP contribution in [0.3, 0.4) is 0 Å². The fourth-order valence-corrected chi connectivity index (χ4v) is 8.21. The minimum Gasteiger partial charge on any atom is -0.456 e. The second-order valence-corrected chi connectivity index (χ2v) is 14.1. The zero-order valence-electron chi connectivity index (χ0n) is 29.8. The summed E-state index contributed by atoms with van der Waals surface area (Å²) in [5.74, 6) is 0. The zero-order valence-corrected chi connectivity index (χ0v) is 29.8. The van der Waals surface area contributed by atoms with Crippen molar-refractivity contribution < 1.29 is 8.83 Å².